The molecule has 0 saturated carbocycles. The van der Waals surface area contributed by atoms with Gasteiger partial charge < -0.3 is 5.73 Å². The molecule has 0 saturated heterocycles. The van der Waals surface area contributed by atoms with Gasteiger partial charge in [-0.2, -0.15) is 0 Å². The molecule has 0 fully saturated rings. The van der Waals surface area contributed by atoms with Crippen LogP contribution in [-0.4, -0.2) is 26.0 Å². The molecule has 2 aromatic carbocycles. The smallest absolute Gasteiger partial charge is 0.323 e. The van der Waals surface area contributed by atoms with E-state index >= 15 is 0 Å². The van der Waals surface area contributed by atoms with Crippen molar-refractivity contribution in [2.75, 3.05) is 15.4 Å². The molecule has 0 bridgehead atoms. The van der Waals surface area contributed by atoms with Crippen LogP contribution in [0.4, 0.5) is 21.9 Å². The number of ketones is 1. The maximum atomic E-state index is 12.0. The molecule has 0 spiro atoms. The summed E-state index contributed by atoms with van der Waals surface area (Å²) in [5.41, 5.74) is 6.40. The van der Waals surface area contributed by atoms with Gasteiger partial charge in [0.05, 0.1) is 17.1 Å². The molecule has 3 rings (SSSR count). The first-order chi connectivity index (χ1) is 10.9. The molecule has 0 aromatic heterocycles. The lowest BCUT2D eigenvalue weighted by Crippen LogP contribution is -2.35. The van der Waals surface area contributed by atoms with Gasteiger partial charge in [-0.05, 0) is 24.3 Å². The van der Waals surface area contributed by atoms with Gasteiger partial charge in [-0.3, -0.25) is 14.4 Å². The number of primary amides is 1. The number of sulfonamides is 1. The molecule has 0 atom stereocenters. The van der Waals surface area contributed by atoms with Gasteiger partial charge in [-0.1, -0.05) is 24.3 Å². The highest BCUT2D eigenvalue weighted by Gasteiger charge is 2.31. The number of anilines is 3. The Balaban J connectivity index is 2.22. The van der Waals surface area contributed by atoms with Crippen LogP contribution in [0, 0.1) is 0 Å². The SMILES string of the molecule is NC(=O)N(c1ccccc1)c1cccc2c1NS(=O)(=O)CC2=O. The number of fused-ring (bicyclic) bond motifs is 1. The highest BCUT2D eigenvalue weighted by molar-refractivity contribution is 7.93. The Morgan fingerprint density at radius 3 is 2.43 bits per heavy atom. The van der Waals surface area contributed by atoms with E-state index in [1.54, 1.807) is 36.4 Å². The van der Waals surface area contributed by atoms with Gasteiger partial charge in [-0.15, -0.1) is 0 Å². The number of para-hydroxylation sites is 2. The Bertz CT molecular complexity index is 894. The number of Topliss-reactive ketones (excluding diaryl/α,β-unsaturated/α-hetero) is 1. The Hall–Kier alpha value is -2.87. The second kappa shape index (κ2) is 5.40. The number of carbonyl (C=O) groups is 2. The van der Waals surface area contributed by atoms with Crippen LogP contribution in [0.1, 0.15) is 10.4 Å². The number of nitrogens with two attached hydrogens (primary N) is 1. The lowest BCUT2D eigenvalue weighted by Gasteiger charge is -2.27. The summed E-state index contributed by atoms with van der Waals surface area (Å²) in [6, 6.07) is 12.3. The molecule has 2 amide bonds. The molecule has 0 radical (unpaired) electrons. The Morgan fingerprint density at radius 2 is 1.78 bits per heavy atom. The normalized spacial score (nSPS) is 15.4. The summed E-state index contributed by atoms with van der Waals surface area (Å²) < 4.78 is 26.0. The highest BCUT2D eigenvalue weighted by Crippen LogP contribution is 2.37. The van der Waals surface area contributed by atoms with Gasteiger partial charge in [0.2, 0.25) is 10.0 Å². The maximum Gasteiger partial charge on any atom is 0.323 e. The lowest BCUT2D eigenvalue weighted by molar-refractivity contribution is 0.102. The van der Waals surface area contributed by atoms with Crippen LogP contribution >= 0.6 is 0 Å². The molecule has 1 aliphatic heterocycles. The Morgan fingerprint density at radius 1 is 1.09 bits per heavy atom. The minimum Gasteiger partial charge on any atom is -0.351 e. The standard InChI is InChI=1S/C15H13N3O4S/c16-15(20)18(10-5-2-1-3-6-10)12-8-4-7-11-13(19)9-23(21,22)17-14(11)12/h1-8,17H,9H2,(H2,16,20). The first-order valence-electron chi connectivity index (χ1n) is 6.70. The topological polar surface area (TPSA) is 110 Å². The number of nitrogens with one attached hydrogen (secondary N) is 1. The zero-order valence-corrected chi connectivity index (χ0v) is 12.7. The molecule has 1 aliphatic rings. The van der Waals surface area contributed by atoms with E-state index < -0.39 is 27.6 Å². The minimum absolute atomic E-state index is 0.0615. The predicted octanol–water partition coefficient (Wildman–Crippen LogP) is 1.84. The molecule has 7 nitrogen and oxygen atoms in total. The summed E-state index contributed by atoms with van der Waals surface area (Å²) >= 11 is 0. The largest absolute Gasteiger partial charge is 0.351 e. The third-order valence-corrected chi connectivity index (χ3v) is 4.55. The number of carbonyl (C=O) groups excluding carboxylic acids is 2. The molecular weight excluding hydrogens is 318 g/mol. The van der Waals surface area contributed by atoms with Gasteiger partial charge >= 0.3 is 6.03 Å². The summed E-state index contributed by atoms with van der Waals surface area (Å²) in [5.74, 6) is -1.15. The number of nitrogens with zero attached hydrogens (tertiary/aromatic N) is 1. The number of rotatable bonds is 2. The zero-order valence-electron chi connectivity index (χ0n) is 11.9. The van der Waals surface area contributed by atoms with Gasteiger partial charge in [0.25, 0.3) is 0 Å². The molecule has 0 aliphatic carbocycles. The van der Waals surface area contributed by atoms with E-state index in [4.69, 9.17) is 5.73 Å². The summed E-state index contributed by atoms with van der Waals surface area (Å²) in [6.45, 7) is 0. The van der Waals surface area contributed by atoms with Crippen molar-refractivity contribution in [1.29, 1.82) is 0 Å². The summed E-state index contributed by atoms with van der Waals surface area (Å²) in [7, 11) is -3.79. The van der Waals surface area contributed by atoms with Crippen molar-refractivity contribution in [3.8, 4) is 0 Å². The predicted molar refractivity (Wildman–Crippen MR) is 86.3 cm³/mol. The van der Waals surface area contributed by atoms with Crippen LogP contribution in [0.3, 0.4) is 0 Å². The molecule has 3 N–H and O–H groups in total. The minimum atomic E-state index is -3.79. The van der Waals surface area contributed by atoms with Crippen molar-refractivity contribution < 1.29 is 18.0 Å². The van der Waals surface area contributed by atoms with E-state index in [1.807, 2.05) is 0 Å². The van der Waals surface area contributed by atoms with E-state index in [9.17, 15) is 18.0 Å². The average molecular weight is 331 g/mol. The van der Waals surface area contributed by atoms with Gasteiger partial charge in [0.15, 0.2) is 5.78 Å². The molecule has 2 aromatic rings. The summed E-state index contributed by atoms with van der Waals surface area (Å²) in [4.78, 5) is 25.1. The van der Waals surface area contributed by atoms with Crippen LogP contribution in [-0.2, 0) is 10.0 Å². The van der Waals surface area contributed by atoms with Crippen molar-refractivity contribution in [2.45, 2.75) is 0 Å². The second-order valence-corrected chi connectivity index (χ2v) is 6.72. The summed E-state index contributed by atoms with van der Waals surface area (Å²) in [5, 5.41) is 0. The Kier molecular flexibility index (Phi) is 3.53. The van der Waals surface area contributed by atoms with Crippen LogP contribution < -0.4 is 15.4 Å². The number of amides is 2. The fourth-order valence-electron chi connectivity index (χ4n) is 2.47. The fraction of sp³-hybridized carbons (Fsp3) is 0.0667. The third kappa shape index (κ3) is 2.76. The fourth-order valence-corrected chi connectivity index (χ4v) is 3.57. The summed E-state index contributed by atoms with van der Waals surface area (Å²) in [6.07, 6.45) is 0. The van der Waals surface area contributed by atoms with Crippen LogP contribution in [0.5, 0.6) is 0 Å². The van der Waals surface area contributed by atoms with E-state index in [0.717, 1.165) is 4.90 Å². The van der Waals surface area contributed by atoms with Gasteiger partial charge in [0, 0.05) is 5.56 Å². The number of benzene rings is 2. The number of urea groups is 1. The Labute approximate surface area is 132 Å². The zero-order chi connectivity index (χ0) is 16.6. The number of hydrogen-bond acceptors (Lipinski definition) is 4. The van der Waals surface area contributed by atoms with E-state index in [1.165, 1.54) is 12.1 Å². The molecular formula is C15H13N3O4S. The van der Waals surface area contributed by atoms with Crippen molar-refractivity contribution in [3.63, 3.8) is 0 Å². The van der Waals surface area contributed by atoms with Crippen molar-refractivity contribution in [2.24, 2.45) is 5.73 Å². The first kappa shape index (κ1) is 15.0. The monoisotopic (exact) mass is 331 g/mol. The van der Waals surface area contributed by atoms with Crippen molar-refractivity contribution in [1.82, 2.24) is 0 Å². The molecule has 8 heteroatoms. The van der Waals surface area contributed by atoms with Crippen LogP contribution in [0.25, 0.3) is 0 Å². The first-order valence-corrected chi connectivity index (χ1v) is 8.35. The van der Waals surface area contributed by atoms with Crippen LogP contribution in [0.15, 0.2) is 48.5 Å². The quantitative estimate of drug-likeness (QED) is 0.875. The van der Waals surface area contributed by atoms with E-state index in [2.05, 4.69) is 4.72 Å². The second-order valence-electron chi connectivity index (χ2n) is 4.99. The highest BCUT2D eigenvalue weighted by atomic mass is 32.2. The average Bonchev–Trinajstić information content (AvgIpc) is 2.48. The van der Waals surface area contributed by atoms with Gasteiger partial charge in [0.1, 0.15) is 5.75 Å². The number of hydrogen-bond donors (Lipinski definition) is 2. The van der Waals surface area contributed by atoms with Crippen molar-refractivity contribution in [3.05, 3.63) is 54.1 Å². The molecule has 118 valence electrons. The maximum absolute atomic E-state index is 12.0. The van der Waals surface area contributed by atoms with Crippen LogP contribution in [0.2, 0.25) is 0 Å². The molecule has 23 heavy (non-hydrogen) atoms. The van der Waals surface area contributed by atoms with E-state index in [-0.39, 0.29) is 16.9 Å². The van der Waals surface area contributed by atoms with Gasteiger partial charge in [-0.25, -0.2) is 13.2 Å². The molecule has 0 unspecified atom stereocenters. The molecule has 1 heterocycles. The van der Waals surface area contributed by atoms with E-state index in [0.29, 0.717) is 5.69 Å². The van der Waals surface area contributed by atoms with Crippen molar-refractivity contribution >= 4 is 38.9 Å². The lowest BCUT2D eigenvalue weighted by atomic mass is 10.1. The third-order valence-electron chi connectivity index (χ3n) is 3.40.